The number of unbranched alkanes of at least 4 members (excludes halogenated alkanes) is 1. The number of likely N-dealkylation sites (tertiary alicyclic amines) is 1. The van der Waals surface area contributed by atoms with E-state index in [4.69, 9.17) is 0 Å². The maximum Gasteiger partial charge on any atom is 0.211 e. The Morgan fingerprint density at radius 3 is 2.45 bits per heavy atom. The van der Waals surface area contributed by atoms with Crippen LogP contribution in [0.15, 0.2) is 0 Å². The normalized spacial score (nSPS) is 17.4. The van der Waals surface area contributed by atoms with E-state index >= 15 is 0 Å². The Balaban J connectivity index is 2.02. The Bertz CT molecular complexity index is 327. The van der Waals surface area contributed by atoms with E-state index in [1.54, 1.807) is 0 Å². The van der Waals surface area contributed by atoms with Crippen molar-refractivity contribution in [1.29, 1.82) is 0 Å². The van der Waals surface area contributed by atoms with Crippen LogP contribution in [0, 0.1) is 0 Å². The van der Waals surface area contributed by atoms with Gasteiger partial charge in [0.1, 0.15) is 0 Å². The Hall–Kier alpha value is -0.170. The lowest BCUT2D eigenvalue weighted by Crippen LogP contribution is -2.38. The second kappa shape index (κ2) is 10.5. The van der Waals surface area contributed by atoms with E-state index in [-0.39, 0.29) is 5.75 Å². The van der Waals surface area contributed by atoms with Gasteiger partial charge in [0.25, 0.3) is 0 Å². The zero-order chi connectivity index (χ0) is 14.7. The Kier molecular flexibility index (Phi) is 9.42. The molecule has 0 aromatic rings. The van der Waals surface area contributed by atoms with Crippen molar-refractivity contribution in [2.75, 3.05) is 45.0 Å². The van der Waals surface area contributed by atoms with Gasteiger partial charge in [0, 0.05) is 13.1 Å². The molecule has 2 N–H and O–H groups in total. The van der Waals surface area contributed by atoms with Crippen LogP contribution < -0.4 is 10.0 Å². The summed E-state index contributed by atoms with van der Waals surface area (Å²) in [4.78, 5) is 2.35. The summed E-state index contributed by atoms with van der Waals surface area (Å²) in [6.45, 7) is 7.69. The first-order valence-corrected chi connectivity index (χ1v) is 9.69. The van der Waals surface area contributed by atoms with Crippen LogP contribution in [0.25, 0.3) is 0 Å². The van der Waals surface area contributed by atoms with Gasteiger partial charge in [-0.15, -0.1) is 0 Å². The molecule has 0 aromatic heterocycles. The van der Waals surface area contributed by atoms with E-state index in [1.807, 2.05) is 0 Å². The summed E-state index contributed by atoms with van der Waals surface area (Å²) in [6, 6.07) is 0. The second-order valence-corrected chi connectivity index (χ2v) is 7.50. The highest BCUT2D eigenvalue weighted by molar-refractivity contribution is 7.89. The molecule has 5 nitrogen and oxygen atoms in total. The van der Waals surface area contributed by atoms with Gasteiger partial charge in [0.2, 0.25) is 10.0 Å². The molecule has 1 saturated heterocycles. The van der Waals surface area contributed by atoms with Crippen LogP contribution in [0.1, 0.15) is 45.4 Å². The fraction of sp³-hybridized carbons (Fsp3) is 1.00. The number of hydrogen-bond donors (Lipinski definition) is 2. The molecule has 0 unspecified atom stereocenters. The standard InChI is InChI=1S/C14H31N3O2S/c1-2-8-15-9-4-7-14-20(18,19)16-10-13-17-11-5-3-6-12-17/h15-16H,2-14H2,1H3. The molecule has 0 spiro atoms. The average molecular weight is 305 g/mol. The lowest BCUT2D eigenvalue weighted by Gasteiger charge is -2.26. The van der Waals surface area contributed by atoms with Crippen LogP contribution in [0.2, 0.25) is 0 Å². The van der Waals surface area contributed by atoms with E-state index in [9.17, 15) is 8.42 Å². The first-order chi connectivity index (χ1) is 9.64. The number of rotatable bonds is 11. The van der Waals surface area contributed by atoms with Crippen LogP contribution in [-0.4, -0.2) is 58.3 Å². The summed E-state index contributed by atoms with van der Waals surface area (Å²) < 4.78 is 26.3. The van der Waals surface area contributed by atoms with Crippen molar-refractivity contribution in [1.82, 2.24) is 14.9 Å². The third kappa shape index (κ3) is 8.89. The SMILES string of the molecule is CCCNCCCCS(=O)(=O)NCCN1CCCCC1. The lowest BCUT2D eigenvalue weighted by molar-refractivity contribution is 0.233. The lowest BCUT2D eigenvalue weighted by atomic mass is 10.1. The van der Waals surface area contributed by atoms with Crippen molar-refractivity contribution in [3.8, 4) is 0 Å². The molecule has 1 fully saturated rings. The van der Waals surface area contributed by atoms with Gasteiger partial charge in [0.05, 0.1) is 5.75 Å². The highest BCUT2D eigenvalue weighted by atomic mass is 32.2. The van der Waals surface area contributed by atoms with E-state index < -0.39 is 10.0 Å². The predicted octanol–water partition coefficient (Wildman–Crippen LogP) is 1.17. The Morgan fingerprint density at radius 1 is 1.00 bits per heavy atom. The largest absolute Gasteiger partial charge is 0.317 e. The second-order valence-electron chi connectivity index (χ2n) is 5.57. The predicted molar refractivity (Wildman–Crippen MR) is 84.5 cm³/mol. The van der Waals surface area contributed by atoms with Gasteiger partial charge >= 0.3 is 0 Å². The smallest absolute Gasteiger partial charge is 0.211 e. The number of nitrogens with zero attached hydrogens (tertiary/aromatic N) is 1. The molecule has 0 atom stereocenters. The molecule has 0 radical (unpaired) electrons. The molecule has 120 valence electrons. The van der Waals surface area contributed by atoms with Gasteiger partial charge in [-0.25, -0.2) is 13.1 Å². The number of piperidine rings is 1. The zero-order valence-electron chi connectivity index (χ0n) is 12.9. The summed E-state index contributed by atoms with van der Waals surface area (Å²) in [5.41, 5.74) is 0. The molecular formula is C14H31N3O2S. The van der Waals surface area contributed by atoms with Gasteiger partial charge < -0.3 is 10.2 Å². The Labute approximate surface area is 124 Å². The van der Waals surface area contributed by atoms with Crippen molar-refractivity contribution in [2.45, 2.75) is 45.4 Å². The molecule has 1 rings (SSSR count). The first-order valence-electron chi connectivity index (χ1n) is 8.04. The minimum Gasteiger partial charge on any atom is -0.317 e. The molecular weight excluding hydrogens is 274 g/mol. The zero-order valence-corrected chi connectivity index (χ0v) is 13.7. The molecule has 0 bridgehead atoms. The van der Waals surface area contributed by atoms with Crippen LogP contribution in [0.5, 0.6) is 0 Å². The van der Waals surface area contributed by atoms with Gasteiger partial charge in [-0.1, -0.05) is 13.3 Å². The number of sulfonamides is 1. The molecule has 0 saturated carbocycles. The molecule has 0 aliphatic carbocycles. The first kappa shape index (κ1) is 17.9. The van der Waals surface area contributed by atoms with Crippen LogP contribution in [-0.2, 0) is 10.0 Å². The fourth-order valence-corrected chi connectivity index (χ4v) is 3.59. The van der Waals surface area contributed by atoms with Crippen molar-refractivity contribution in [2.24, 2.45) is 0 Å². The number of nitrogens with one attached hydrogen (secondary N) is 2. The summed E-state index contributed by atoms with van der Waals surface area (Å²) >= 11 is 0. The molecule has 1 heterocycles. The third-order valence-electron chi connectivity index (χ3n) is 3.64. The molecule has 0 aromatic carbocycles. The highest BCUT2D eigenvalue weighted by Gasteiger charge is 2.12. The van der Waals surface area contributed by atoms with E-state index in [0.29, 0.717) is 6.54 Å². The summed E-state index contributed by atoms with van der Waals surface area (Å²) in [5, 5.41) is 3.29. The maximum absolute atomic E-state index is 11.8. The van der Waals surface area contributed by atoms with Crippen LogP contribution in [0.4, 0.5) is 0 Å². The average Bonchev–Trinajstić information content (AvgIpc) is 2.44. The Morgan fingerprint density at radius 2 is 1.75 bits per heavy atom. The topological polar surface area (TPSA) is 61.4 Å². The van der Waals surface area contributed by atoms with Gasteiger partial charge in [0.15, 0.2) is 0 Å². The summed E-state index contributed by atoms with van der Waals surface area (Å²) in [7, 11) is -3.08. The molecule has 0 amide bonds. The van der Waals surface area contributed by atoms with Gasteiger partial charge in [-0.2, -0.15) is 0 Å². The highest BCUT2D eigenvalue weighted by Crippen LogP contribution is 2.07. The molecule has 1 aliphatic rings. The minimum atomic E-state index is -3.08. The van der Waals surface area contributed by atoms with Crippen molar-refractivity contribution < 1.29 is 8.42 Å². The van der Waals surface area contributed by atoms with Crippen molar-refractivity contribution in [3.63, 3.8) is 0 Å². The van der Waals surface area contributed by atoms with Crippen LogP contribution in [0.3, 0.4) is 0 Å². The third-order valence-corrected chi connectivity index (χ3v) is 5.11. The molecule has 20 heavy (non-hydrogen) atoms. The van der Waals surface area contributed by atoms with Gasteiger partial charge in [-0.05, 0) is 58.3 Å². The van der Waals surface area contributed by atoms with E-state index in [2.05, 4.69) is 21.9 Å². The molecule has 6 heteroatoms. The number of hydrogen-bond acceptors (Lipinski definition) is 4. The van der Waals surface area contributed by atoms with Crippen molar-refractivity contribution in [3.05, 3.63) is 0 Å². The van der Waals surface area contributed by atoms with E-state index in [1.165, 1.54) is 19.3 Å². The van der Waals surface area contributed by atoms with Crippen LogP contribution >= 0.6 is 0 Å². The minimum absolute atomic E-state index is 0.251. The summed E-state index contributed by atoms with van der Waals surface area (Å²) in [6.07, 6.45) is 6.59. The quantitative estimate of drug-likeness (QED) is 0.563. The fourth-order valence-electron chi connectivity index (χ4n) is 2.46. The van der Waals surface area contributed by atoms with Gasteiger partial charge in [-0.3, -0.25) is 0 Å². The molecule has 1 aliphatic heterocycles. The maximum atomic E-state index is 11.8. The van der Waals surface area contributed by atoms with Crippen molar-refractivity contribution >= 4 is 10.0 Å². The van der Waals surface area contributed by atoms with E-state index in [0.717, 1.165) is 52.0 Å². The monoisotopic (exact) mass is 305 g/mol. The summed E-state index contributed by atoms with van der Waals surface area (Å²) in [5.74, 6) is 0.251.